The van der Waals surface area contributed by atoms with Crippen molar-refractivity contribution in [3.63, 3.8) is 0 Å². The number of halogens is 2. The summed E-state index contributed by atoms with van der Waals surface area (Å²) < 4.78 is 24.8. The molecule has 0 bridgehead atoms. The first-order valence-corrected chi connectivity index (χ1v) is 9.39. The van der Waals surface area contributed by atoms with E-state index in [9.17, 15) is 28.3 Å². The predicted molar refractivity (Wildman–Crippen MR) is 96.3 cm³/mol. The maximum absolute atomic E-state index is 12.6. The van der Waals surface area contributed by atoms with Crippen LogP contribution in [0.4, 0.5) is 14.5 Å². The molecule has 0 saturated carbocycles. The molecule has 0 unspecified atom stereocenters. The lowest BCUT2D eigenvalue weighted by atomic mass is 10.3. The smallest absolute Gasteiger partial charge is 0.338 e. The lowest BCUT2D eigenvalue weighted by molar-refractivity contribution is -0.121. The van der Waals surface area contributed by atoms with E-state index in [1.54, 1.807) is 0 Å². The number of pyridine rings is 1. The molecule has 0 aliphatic carbocycles. The van der Waals surface area contributed by atoms with Gasteiger partial charge in [0.1, 0.15) is 5.03 Å². The van der Waals surface area contributed by atoms with Gasteiger partial charge in [0.05, 0.1) is 16.5 Å². The first-order chi connectivity index (χ1) is 12.9. The molecule has 1 atom stereocenters. The Morgan fingerprint density at radius 2 is 1.93 bits per heavy atom. The molecule has 1 aromatic carbocycles. The van der Waals surface area contributed by atoms with Crippen molar-refractivity contribution in [2.45, 2.75) is 27.3 Å². The Morgan fingerprint density at radius 1 is 1.22 bits per heavy atom. The van der Waals surface area contributed by atoms with Gasteiger partial charge in [-0.05, 0) is 36.4 Å². The minimum atomic E-state index is -2.56. The molecule has 10 heteroatoms. The number of nitrogens with zero attached hydrogens (tertiary/aromatic N) is 2. The number of carboxylic acids is 1. The number of rotatable bonds is 6. The molecule has 1 fully saturated rings. The van der Waals surface area contributed by atoms with Gasteiger partial charge in [0.2, 0.25) is 11.8 Å². The van der Waals surface area contributed by atoms with E-state index < -0.39 is 28.8 Å². The zero-order chi connectivity index (χ0) is 19.6. The molecule has 1 aliphatic heterocycles. The van der Waals surface area contributed by atoms with Gasteiger partial charge in [-0.3, -0.25) is 9.59 Å². The van der Waals surface area contributed by atoms with Crippen LogP contribution in [0.15, 0.2) is 52.5 Å². The van der Waals surface area contributed by atoms with Crippen molar-refractivity contribution in [1.29, 1.82) is 0 Å². The van der Waals surface area contributed by atoms with E-state index in [0.29, 0.717) is 16.7 Å². The Balaban J connectivity index is 1.78. The second-order valence-corrected chi connectivity index (χ2v) is 7.67. The van der Waals surface area contributed by atoms with E-state index in [4.69, 9.17) is 0 Å². The highest BCUT2D eigenvalue weighted by Crippen LogP contribution is 2.35. The van der Waals surface area contributed by atoms with E-state index in [1.165, 1.54) is 42.6 Å². The maximum Gasteiger partial charge on any atom is 0.338 e. The highest BCUT2D eigenvalue weighted by molar-refractivity contribution is 8.00. The summed E-state index contributed by atoms with van der Waals surface area (Å²) in [6.45, 7) is 0. The second-order valence-electron chi connectivity index (χ2n) is 5.41. The summed E-state index contributed by atoms with van der Waals surface area (Å²) in [5.41, 5.74) is 0.237. The van der Waals surface area contributed by atoms with E-state index >= 15 is 0 Å². The van der Waals surface area contributed by atoms with Crippen molar-refractivity contribution in [1.82, 2.24) is 4.98 Å². The Hall–Kier alpha value is -2.46. The lowest BCUT2D eigenvalue weighted by Gasteiger charge is -2.15. The molecule has 1 N–H and O–H groups in total. The van der Waals surface area contributed by atoms with Gasteiger partial charge in [-0.15, -0.1) is 0 Å². The summed E-state index contributed by atoms with van der Waals surface area (Å²) in [7, 11) is 0. The van der Waals surface area contributed by atoms with Crippen LogP contribution in [0.5, 0.6) is 0 Å². The molecule has 1 aliphatic rings. The standard InChI is InChI=1S/C17H12F2N2O4S2/c18-17(19)26-10-5-3-9(4-6-10)21-13(22)8-12(15(21)23)27-14-11(16(24)25)2-1-7-20-14/h1-7,12,17H,8H2,(H,24,25)/t12-/m1/s1. The van der Waals surface area contributed by atoms with E-state index in [1.807, 2.05) is 0 Å². The van der Waals surface area contributed by atoms with Gasteiger partial charge in [-0.25, -0.2) is 14.7 Å². The van der Waals surface area contributed by atoms with Crippen LogP contribution in [0, 0.1) is 0 Å². The van der Waals surface area contributed by atoms with Crippen LogP contribution in [0.3, 0.4) is 0 Å². The maximum atomic E-state index is 12.6. The largest absolute Gasteiger partial charge is 0.478 e. The van der Waals surface area contributed by atoms with Crippen LogP contribution in [0.1, 0.15) is 16.8 Å². The molecular weight excluding hydrogens is 398 g/mol. The van der Waals surface area contributed by atoms with Crippen LogP contribution in [-0.4, -0.2) is 38.9 Å². The zero-order valence-corrected chi connectivity index (χ0v) is 15.2. The predicted octanol–water partition coefficient (Wildman–Crippen LogP) is 3.52. The molecule has 1 aromatic heterocycles. The van der Waals surface area contributed by atoms with Crippen LogP contribution in [0.2, 0.25) is 0 Å². The van der Waals surface area contributed by atoms with Crippen LogP contribution in [0.25, 0.3) is 0 Å². The molecule has 2 heterocycles. The molecule has 1 saturated heterocycles. The van der Waals surface area contributed by atoms with Crippen LogP contribution < -0.4 is 4.90 Å². The molecule has 3 rings (SSSR count). The number of alkyl halides is 2. The van der Waals surface area contributed by atoms with Crippen molar-refractivity contribution in [2.75, 3.05) is 4.90 Å². The van der Waals surface area contributed by atoms with Crippen LogP contribution >= 0.6 is 23.5 Å². The number of carbonyl (C=O) groups excluding carboxylic acids is 2. The third kappa shape index (κ3) is 4.28. The lowest BCUT2D eigenvalue weighted by Crippen LogP contribution is -2.31. The van der Waals surface area contributed by atoms with Crippen molar-refractivity contribution in [3.8, 4) is 0 Å². The van der Waals surface area contributed by atoms with Crippen LogP contribution in [-0.2, 0) is 9.59 Å². The topological polar surface area (TPSA) is 87.6 Å². The number of carbonyl (C=O) groups is 3. The molecule has 0 radical (unpaired) electrons. The van der Waals surface area contributed by atoms with Gasteiger partial charge in [0, 0.05) is 17.5 Å². The number of benzene rings is 1. The fourth-order valence-electron chi connectivity index (χ4n) is 2.53. The molecule has 2 amide bonds. The number of thioether (sulfide) groups is 2. The summed E-state index contributed by atoms with van der Waals surface area (Å²) in [6.07, 6.45) is 1.31. The monoisotopic (exact) mass is 410 g/mol. The minimum Gasteiger partial charge on any atom is -0.478 e. The quantitative estimate of drug-likeness (QED) is 0.576. The average molecular weight is 410 g/mol. The molecule has 0 spiro atoms. The summed E-state index contributed by atoms with van der Waals surface area (Å²) in [5, 5.41) is 8.55. The SMILES string of the molecule is O=C(O)c1cccnc1S[C@@H]1CC(=O)N(c2ccc(SC(F)F)cc2)C1=O. The number of imide groups is 1. The van der Waals surface area contributed by atoms with E-state index in [0.717, 1.165) is 16.7 Å². The van der Waals surface area contributed by atoms with Crippen molar-refractivity contribution < 1.29 is 28.3 Å². The highest BCUT2D eigenvalue weighted by Gasteiger charge is 2.40. The van der Waals surface area contributed by atoms with Crippen molar-refractivity contribution in [2.24, 2.45) is 0 Å². The highest BCUT2D eigenvalue weighted by atomic mass is 32.2. The first kappa shape index (κ1) is 19.3. The second kappa shape index (κ2) is 8.05. The number of hydrogen-bond donors (Lipinski definition) is 1. The van der Waals surface area contributed by atoms with Gasteiger partial charge >= 0.3 is 5.97 Å². The van der Waals surface area contributed by atoms with Gasteiger partial charge in [-0.1, -0.05) is 23.5 Å². The number of carboxylic acid groups (broad SMARTS) is 1. The summed E-state index contributed by atoms with van der Waals surface area (Å²) in [6, 6.07) is 8.52. The number of hydrogen-bond acceptors (Lipinski definition) is 6. The summed E-state index contributed by atoms with van der Waals surface area (Å²) in [4.78, 5) is 41.5. The Labute approximate surface area is 161 Å². The minimum absolute atomic E-state index is 0.0467. The third-order valence-corrected chi connectivity index (χ3v) is 5.60. The number of anilines is 1. The van der Waals surface area contributed by atoms with Gasteiger partial charge < -0.3 is 5.11 Å². The van der Waals surface area contributed by atoms with Gasteiger partial charge in [0.15, 0.2) is 0 Å². The van der Waals surface area contributed by atoms with Crippen molar-refractivity contribution >= 4 is 47.0 Å². The van der Waals surface area contributed by atoms with Crippen molar-refractivity contribution in [3.05, 3.63) is 48.2 Å². The normalized spacial score (nSPS) is 17.0. The molecule has 6 nitrogen and oxygen atoms in total. The Bertz CT molecular complexity index is 893. The Morgan fingerprint density at radius 3 is 2.56 bits per heavy atom. The summed E-state index contributed by atoms with van der Waals surface area (Å²) in [5.74, 6) is -4.68. The number of amides is 2. The number of aromatic nitrogens is 1. The van der Waals surface area contributed by atoms with Gasteiger partial charge in [-0.2, -0.15) is 8.78 Å². The first-order valence-electron chi connectivity index (χ1n) is 7.63. The molecular formula is C17H12F2N2O4S2. The third-order valence-electron chi connectivity index (χ3n) is 3.68. The zero-order valence-electron chi connectivity index (χ0n) is 13.5. The fourth-order valence-corrected chi connectivity index (χ4v) is 4.13. The summed E-state index contributed by atoms with van der Waals surface area (Å²) >= 11 is 1.29. The van der Waals surface area contributed by atoms with Gasteiger partial charge in [0.25, 0.3) is 5.76 Å². The molecule has 2 aromatic rings. The van der Waals surface area contributed by atoms with E-state index in [2.05, 4.69) is 4.98 Å². The van der Waals surface area contributed by atoms with E-state index in [-0.39, 0.29) is 22.7 Å². The average Bonchev–Trinajstić information content (AvgIpc) is 2.89. The number of aromatic carboxylic acids is 1. The fraction of sp³-hybridized carbons (Fsp3) is 0.176. The molecule has 140 valence electrons. The Kier molecular flexibility index (Phi) is 5.76. The molecule has 27 heavy (non-hydrogen) atoms.